The summed E-state index contributed by atoms with van der Waals surface area (Å²) in [7, 11) is 5.16. The van der Waals surface area contributed by atoms with Crippen molar-refractivity contribution in [1.82, 2.24) is 0 Å². The van der Waals surface area contributed by atoms with Crippen molar-refractivity contribution in [3.05, 3.63) is 143 Å². The molecule has 3 aliphatic rings. The molecular formula is C49H47NO5. The monoisotopic (exact) mass is 729 g/mol. The lowest BCUT2D eigenvalue weighted by Crippen LogP contribution is -2.36. The number of hydrogen-bond donors (Lipinski definition) is 0. The second kappa shape index (κ2) is 13.8. The van der Waals surface area contributed by atoms with Crippen molar-refractivity contribution in [3.63, 3.8) is 0 Å². The molecule has 0 spiro atoms. The molecule has 9 rings (SSSR count). The van der Waals surface area contributed by atoms with Crippen molar-refractivity contribution in [1.29, 1.82) is 0 Å². The third-order valence-corrected chi connectivity index (χ3v) is 12.3. The van der Waals surface area contributed by atoms with E-state index in [0.29, 0.717) is 13.2 Å². The van der Waals surface area contributed by atoms with Gasteiger partial charge in [0.25, 0.3) is 0 Å². The maximum atomic E-state index is 7.68. The van der Waals surface area contributed by atoms with E-state index in [1.165, 1.54) is 38.8 Å². The van der Waals surface area contributed by atoms with Crippen molar-refractivity contribution in [2.45, 2.75) is 37.7 Å². The Morgan fingerprint density at radius 2 is 1.33 bits per heavy atom. The third-order valence-electron chi connectivity index (χ3n) is 12.3. The van der Waals surface area contributed by atoms with Gasteiger partial charge in [0, 0.05) is 40.6 Å². The SMILES string of the molecule is CCC1(CC)c2cc(-c3ccccc3)ccc2-c2c1c1c(c3cc(OC)c(N4CCOCC4)cc23)OC(c2ccc(OC)cc2)(c2ccc(OC)cc2)C=C1. The number of hydrogen-bond acceptors (Lipinski definition) is 6. The largest absolute Gasteiger partial charge is 0.497 e. The van der Waals surface area contributed by atoms with E-state index in [-0.39, 0.29) is 5.41 Å². The molecule has 0 saturated carbocycles. The highest BCUT2D eigenvalue weighted by molar-refractivity contribution is 6.10. The molecular weight excluding hydrogens is 683 g/mol. The summed E-state index contributed by atoms with van der Waals surface area (Å²) in [4.78, 5) is 2.40. The average Bonchev–Trinajstić information content (AvgIpc) is 3.56. The van der Waals surface area contributed by atoms with Gasteiger partial charge in [0.2, 0.25) is 0 Å². The van der Waals surface area contributed by atoms with Gasteiger partial charge in [-0.25, -0.2) is 0 Å². The summed E-state index contributed by atoms with van der Waals surface area (Å²) in [6.07, 6.45) is 6.47. The van der Waals surface area contributed by atoms with E-state index in [2.05, 4.69) is 116 Å². The zero-order chi connectivity index (χ0) is 37.7. The predicted octanol–water partition coefficient (Wildman–Crippen LogP) is 10.8. The minimum atomic E-state index is -0.935. The number of morpholine rings is 1. The van der Waals surface area contributed by atoms with E-state index in [9.17, 15) is 0 Å². The van der Waals surface area contributed by atoms with Gasteiger partial charge in [-0.3, -0.25) is 0 Å². The quantitative estimate of drug-likeness (QED) is 0.148. The number of fused-ring (bicyclic) bond motifs is 8. The van der Waals surface area contributed by atoms with Gasteiger partial charge in [-0.1, -0.05) is 86.7 Å². The second-order valence-corrected chi connectivity index (χ2v) is 14.7. The molecule has 0 radical (unpaired) electrons. The lowest BCUT2D eigenvalue weighted by atomic mass is 9.70. The van der Waals surface area contributed by atoms with Crippen LogP contribution in [0.1, 0.15) is 54.5 Å². The Bertz CT molecular complexity index is 2360. The molecule has 2 aliphatic heterocycles. The number of benzene rings is 6. The Morgan fingerprint density at radius 1 is 0.673 bits per heavy atom. The van der Waals surface area contributed by atoms with Gasteiger partial charge in [-0.05, 0) is 100 Å². The number of rotatable bonds is 9. The Balaban J connectivity index is 1.36. The molecule has 55 heavy (non-hydrogen) atoms. The van der Waals surface area contributed by atoms with Crippen molar-refractivity contribution in [2.24, 2.45) is 0 Å². The fourth-order valence-corrected chi connectivity index (χ4v) is 9.39. The molecule has 0 unspecified atom stereocenters. The molecule has 6 aromatic rings. The first-order valence-corrected chi connectivity index (χ1v) is 19.4. The number of methoxy groups -OCH3 is 3. The van der Waals surface area contributed by atoms with Crippen molar-refractivity contribution in [2.75, 3.05) is 52.5 Å². The summed E-state index contributed by atoms with van der Waals surface area (Å²) < 4.78 is 30.9. The topological polar surface area (TPSA) is 49.4 Å². The summed E-state index contributed by atoms with van der Waals surface area (Å²) >= 11 is 0. The zero-order valence-electron chi connectivity index (χ0n) is 32.3. The van der Waals surface area contributed by atoms with Gasteiger partial charge in [-0.2, -0.15) is 0 Å². The van der Waals surface area contributed by atoms with Crippen LogP contribution in [0.4, 0.5) is 5.69 Å². The molecule has 0 atom stereocenters. The van der Waals surface area contributed by atoms with E-state index < -0.39 is 5.60 Å². The summed E-state index contributed by atoms with van der Waals surface area (Å²) in [6.45, 7) is 7.66. The van der Waals surface area contributed by atoms with E-state index in [4.69, 9.17) is 23.7 Å². The van der Waals surface area contributed by atoms with Gasteiger partial charge in [0.15, 0.2) is 5.60 Å². The molecule has 6 heteroatoms. The summed E-state index contributed by atoms with van der Waals surface area (Å²) in [5.74, 6) is 3.27. The minimum Gasteiger partial charge on any atom is -0.497 e. The standard InChI is InChI=1S/C49H47NO5/c1-6-48(7-2)42-29-33(32-11-9-8-10-12-32)13-22-38(42)45-40-30-43(50-25-27-54-28-26-50)44(53-5)31-41(40)47-39(46(45)48)23-24-49(55-47,34-14-18-36(51-3)19-15-34)35-16-20-37(52-4)21-17-35/h8-24,29-31H,6-7,25-28H2,1-5H3. The minimum absolute atomic E-state index is 0.235. The molecule has 2 heterocycles. The smallest absolute Gasteiger partial charge is 0.178 e. The molecule has 6 aromatic carbocycles. The van der Waals surface area contributed by atoms with Gasteiger partial charge in [0.1, 0.15) is 23.0 Å². The van der Waals surface area contributed by atoms with E-state index in [1.54, 1.807) is 21.3 Å². The van der Waals surface area contributed by atoms with Crippen LogP contribution >= 0.6 is 0 Å². The van der Waals surface area contributed by atoms with Crippen LogP contribution in [0.3, 0.4) is 0 Å². The predicted molar refractivity (Wildman–Crippen MR) is 222 cm³/mol. The van der Waals surface area contributed by atoms with Crippen LogP contribution in [0, 0.1) is 0 Å². The summed E-state index contributed by atoms with van der Waals surface area (Å²) in [6, 6.07) is 38.9. The fraction of sp³-hybridized carbons (Fsp3) is 0.265. The Labute approximate surface area is 323 Å². The van der Waals surface area contributed by atoms with Crippen molar-refractivity contribution in [3.8, 4) is 45.3 Å². The van der Waals surface area contributed by atoms with Crippen LogP contribution in [0.25, 0.3) is 39.1 Å². The first kappa shape index (κ1) is 35.0. The molecule has 1 saturated heterocycles. The van der Waals surface area contributed by atoms with Gasteiger partial charge >= 0.3 is 0 Å². The molecule has 0 bridgehead atoms. The average molecular weight is 730 g/mol. The Hall–Kier alpha value is -5.72. The Morgan fingerprint density at radius 3 is 1.93 bits per heavy atom. The van der Waals surface area contributed by atoms with Crippen LogP contribution in [-0.2, 0) is 15.8 Å². The summed E-state index contributed by atoms with van der Waals surface area (Å²) in [5, 5.41) is 2.20. The van der Waals surface area contributed by atoms with Crippen LogP contribution < -0.4 is 23.8 Å². The third kappa shape index (κ3) is 5.41. The molecule has 1 aliphatic carbocycles. The fourth-order valence-electron chi connectivity index (χ4n) is 9.39. The van der Waals surface area contributed by atoms with E-state index in [0.717, 1.165) is 76.7 Å². The molecule has 1 fully saturated rings. The van der Waals surface area contributed by atoms with Gasteiger partial charge in [0.05, 0.1) is 40.2 Å². The number of ether oxygens (including phenoxy) is 5. The van der Waals surface area contributed by atoms with Crippen LogP contribution in [0.15, 0.2) is 115 Å². The molecule has 0 N–H and O–H groups in total. The van der Waals surface area contributed by atoms with E-state index >= 15 is 0 Å². The van der Waals surface area contributed by atoms with Crippen LogP contribution in [0.5, 0.6) is 23.0 Å². The first-order chi connectivity index (χ1) is 27.0. The molecule has 6 nitrogen and oxygen atoms in total. The highest BCUT2D eigenvalue weighted by Gasteiger charge is 2.47. The van der Waals surface area contributed by atoms with Crippen molar-refractivity contribution < 1.29 is 23.7 Å². The molecule has 0 amide bonds. The van der Waals surface area contributed by atoms with E-state index in [1.807, 2.05) is 24.3 Å². The lowest BCUT2D eigenvalue weighted by molar-refractivity contribution is 0.122. The molecule has 278 valence electrons. The Kier molecular flexibility index (Phi) is 8.82. The van der Waals surface area contributed by atoms with Crippen LogP contribution in [-0.4, -0.2) is 47.6 Å². The van der Waals surface area contributed by atoms with Crippen molar-refractivity contribution >= 4 is 22.5 Å². The highest BCUT2D eigenvalue weighted by atomic mass is 16.5. The number of nitrogens with zero attached hydrogens (tertiary/aromatic N) is 1. The first-order valence-electron chi connectivity index (χ1n) is 19.4. The highest BCUT2D eigenvalue weighted by Crippen LogP contribution is 2.61. The normalized spacial score (nSPS) is 16.2. The van der Waals surface area contributed by atoms with Gasteiger partial charge in [-0.15, -0.1) is 0 Å². The lowest BCUT2D eigenvalue weighted by Gasteiger charge is -2.39. The molecule has 0 aromatic heterocycles. The number of anilines is 1. The maximum absolute atomic E-state index is 7.68. The summed E-state index contributed by atoms with van der Waals surface area (Å²) in [5.41, 5.74) is 10.8. The van der Waals surface area contributed by atoms with Crippen LogP contribution in [0.2, 0.25) is 0 Å². The van der Waals surface area contributed by atoms with Gasteiger partial charge < -0.3 is 28.6 Å². The maximum Gasteiger partial charge on any atom is 0.178 e. The zero-order valence-corrected chi connectivity index (χ0v) is 32.3. The second-order valence-electron chi connectivity index (χ2n) is 14.7.